The summed E-state index contributed by atoms with van der Waals surface area (Å²) >= 11 is 4.77. The van der Waals surface area contributed by atoms with E-state index in [1.807, 2.05) is 24.3 Å². The molecule has 1 aliphatic heterocycles. The highest BCUT2D eigenvalue weighted by molar-refractivity contribution is 9.10. The van der Waals surface area contributed by atoms with Crippen LogP contribution in [0, 0.1) is 0 Å². The van der Waals surface area contributed by atoms with Crippen molar-refractivity contribution in [3.8, 4) is 11.5 Å². The van der Waals surface area contributed by atoms with Crippen molar-refractivity contribution in [3.05, 3.63) is 46.4 Å². The number of ether oxygens (including phenoxy) is 2. The zero-order valence-electron chi connectivity index (χ0n) is 11.8. The SMILES string of the molecule is O=C(Nc1nc2cc3c(cc2s1)OCCO3)c1cccc(Br)c1. The van der Waals surface area contributed by atoms with E-state index in [1.165, 1.54) is 11.3 Å². The summed E-state index contributed by atoms with van der Waals surface area (Å²) in [5.74, 6) is 1.22. The average molecular weight is 391 g/mol. The van der Waals surface area contributed by atoms with Gasteiger partial charge in [0.25, 0.3) is 5.91 Å². The smallest absolute Gasteiger partial charge is 0.257 e. The summed E-state index contributed by atoms with van der Waals surface area (Å²) in [7, 11) is 0. The first kappa shape index (κ1) is 14.5. The summed E-state index contributed by atoms with van der Waals surface area (Å²) in [6, 6.07) is 11.0. The van der Waals surface area contributed by atoms with Gasteiger partial charge in [-0.3, -0.25) is 10.1 Å². The fourth-order valence-electron chi connectivity index (χ4n) is 2.32. The Balaban J connectivity index is 1.63. The standard InChI is InChI=1S/C16H11BrN2O3S/c17-10-3-1-2-9(6-10)15(20)19-16-18-11-7-12-13(8-14(11)23-16)22-5-4-21-12/h1-3,6-8H,4-5H2,(H,18,19,20). The zero-order chi connectivity index (χ0) is 15.8. The van der Waals surface area contributed by atoms with Crippen LogP contribution in [0.4, 0.5) is 5.13 Å². The van der Waals surface area contributed by atoms with Crippen LogP contribution in [0.3, 0.4) is 0 Å². The molecule has 23 heavy (non-hydrogen) atoms. The highest BCUT2D eigenvalue weighted by Crippen LogP contribution is 2.37. The van der Waals surface area contributed by atoms with Crippen molar-refractivity contribution in [2.45, 2.75) is 0 Å². The number of thiazole rings is 1. The molecule has 0 saturated heterocycles. The lowest BCUT2D eigenvalue weighted by Gasteiger charge is -2.17. The molecular formula is C16H11BrN2O3S. The topological polar surface area (TPSA) is 60.5 Å². The number of halogens is 1. The van der Waals surface area contributed by atoms with Crippen LogP contribution in [-0.2, 0) is 0 Å². The fourth-order valence-corrected chi connectivity index (χ4v) is 3.59. The maximum atomic E-state index is 12.3. The third-order valence-electron chi connectivity index (χ3n) is 3.36. The van der Waals surface area contributed by atoms with Crippen molar-refractivity contribution in [2.24, 2.45) is 0 Å². The van der Waals surface area contributed by atoms with E-state index in [0.717, 1.165) is 20.4 Å². The zero-order valence-corrected chi connectivity index (χ0v) is 14.2. The summed E-state index contributed by atoms with van der Waals surface area (Å²) in [6.45, 7) is 1.08. The molecule has 5 nitrogen and oxygen atoms in total. The number of nitrogens with one attached hydrogen (secondary N) is 1. The molecule has 0 aliphatic carbocycles. The Kier molecular flexibility index (Phi) is 3.66. The molecule has 3 aromatic rings. The van der Waals surface area contributed by atoms with Gasteiger partial charge in [0.2, 0.25) is 0 Å². The normalized spacial score (nSPS) is 13.1. The number of nitrogens with zero attached hydrogens (tertiary/aromatic N) is 1. The van der Waals surface area contributed by atoms with Crippen LogP contribution in [0.2, 0.25) is 0 Å². The van der Waals surface area contributed by atoms with Crippen LogP contribution in [0.5, 0.6) is 11.5 Å². The Hall–Kier alpha value is -2.12. The van der Waals surface area contributed by atoms with Crippen molar-refractivity contribution in [3.63, 3.8) is 0 Å². The molecule has 2 heterocycles. The van der Waals surface area contributed by atoms with E-state index >= 15 is 0 Å². The van der Waals surface area contributed by atoms with Crippen molar-refractivity contribution in [1.29, 1.82) is 0 Å². The number of anilines is 1. The second-order valence-corrected chi connectivity index (χ2v) is 6.89. The molecule has 0 unspecified atom stereocenters. The predicted octanol–water partition coefficient (Wildman–Crippen LogP) is 4.08. The van der Waals surface area contributed by atoms with E-state index in [2.05, 4.69) is 26.2 Å². The van der Waals surface area contributed by atoms with Gasteiger partial charge >= 0.3 is 0 Å². The first-order valence-corrected chi connectivity index (χ1v) is 8.57. The molecule has 0 radical (unpaired) electrons. The third kappa shape index (κ3) is 2.89. The van der Waals surface area contributed by atoms with Crippen molar-refractivity contribution < 1.29 is 14.3 Å². The number of amides is 1. The van der Waals surface area contributed by atoms with Gasteiger partial charge in [0.1, 0.15) is 13.2 Å². The second kappa shape index (κ2) is 5.82. The lowest BCUT2D eigenvalue weighted by Crippen LogP contribution is -2.15. The van der Waals surface area contributed by atoms with Gasteiger partial charge in [-0.1, -0.05) is 33.3 Å². The summed E-state index contributed by atoms with van der Waals surface area (Å²) in [5.41, 5.74) is 1.35. The van der Waals surface area contributed by atoms with E-state index in [9.17, 15) is 4.79 Å². The van der Waals surface area contributed by atoms with Gasteiger partial charge in [0.05, 0.1) is 10.2 Å². The molecule has 116 valence electrons. The quantitative estimate of drug-likeness (QED) is 0.715. The maximum absolute atomic E-state index is 12.3. The van der Waals surface area contributed by atoms with Crippen molar-refractivity contribution >= 4 is 48.5 Å². The summed E-state index contributed by atoms with van der Waals surface area (Å²) in [5, 5.41) is 3.38. The average Bonchev–Trinajstić information content (AvgIpc) is 2.93. The molecule has 0 fully saturated rings. The van der Waals surface area contributed by atoms with Gasteiger partial charge < -0.3 is 9.47 Å². The van der Waals surface area contributed by atoms with Crippen LogP contribution in [0.15, 0.2) is 40.9 Å². The summed E-state index contributed by atoms with van der Waals surface area (Å²) in [4.78, 5) is 16.7. The summed E-state index contributed by atoms with van der Waals surface area (Å²) in [6.07, 6.45) is 0. The number of carbonyl (C=O) groups excluding carboxylic acids is 1. The molecule has 0 atom stereocenters. The Bertz CT molecular complexity index is 866. The highest BCUT2D eigenvalue weighted by atomic mass is 79.9. The molecule has 1 N–H and O–H groups in total. The molecule has 0 spiro atoms. The molecule has 4 rings (SSSR count). The van der Waals surface area contributed by atoms with Crippen LogP contribution in [0.25, 0.3) is 10.2 Å². The predicted molar refractivity (Wildman–Crippen MR) is 92.7 cm³/mol. The minimum Gasteiger partial charge on any atom is -0.486 e. The van der Waals surface area contributed by atoms with Crippen LogP contribution in [0.1, 0.15) is 10.4 Å². The maximum Gasteiger partial charge on any atom is 0.257 e. The number of aromatic nitrogens is 1. The van der Waals surface area contributed by atoms with Crippen molar-refractivity contribution in [1.82, 2.24) is 4.98 Å². The molecule has 7 heteroatoms. The number of benzene rings is 2. The third-order valence-corrected chi connectivity index (χ3v) is 4.79. The molecule has 1 aliphatic rings. The first-order chi connectivity index (χ1) is 11.2. The Morgan fingerprint density at radius 2 is 1.96 bits per heavy atom. The van der Waals surface area contributed by atoms with Gasteiger partial charge in [0, 0.05) is 22.2 Å². The molecule has 2 aromatic carbocycles. The van der Waals surface area contributed by atoms with Gasteiger partial charge in [-0.15, -0.1) is 0 Å². The number of rotatable bonds is 2. The number of fused-ring (bicyclic) bond motifs is 2. The molecular weight excluding hydrogens is 380 g/mol. The Labute approximate surface area is 144 Å². The van der Waals surface area contributed by atoms with Crippen LogP contribution >= 0.6 is 27.3 Å². The number of hydrogen-bond acceptors (Lipinski definition) is 5. The molecule has 1 amide bonds. The fraction of sp³-hybridized carbons (Fsp3) is 0.125. The van der Waals surface area contributed by atoms with Gasteiger partial charge in [-0.2, -0.15) is 0 Å². The summed E-state index contributed by atoms with van der Waals surface area (Å²) < 4.78 is 12.9. The lowest BCUT2D eigenvalue weighted by atomic mass is 10.2. The van der Waals surface area contributed by atoms with Crippen molar-refractivity contribution in [2.75, 3.05) is 18.5 Å². The van der Waals surface area contributed by atoms with Gasteiger partial charge in [-0.05, 0) is 18.2 Å². The van der Waals surface area contributed by atoms with E-state index in [-0.39, 0.29) is 5.91 Å². The second-order valence-electron chi connectivity index (χ2n) is 4.95. The molecule has 1 aromatic heterocycles. The molecule has 0 saturated carbocycles. The number of hydrogen-bond donors (Lipinski definition) is 1. The van der Waals surface area contributed by atoms with E-state index in [1.54, 1.807) is 12.1 Å². The Morgan fingerprint density at radius 3 is 2.74 bits per heavy atom. The van der Waals surface area contributed by atoms with E-state index in [0.29, 0.717) is 29.7 Å². The van der Waals surface area contributed by atoms with Gasteiger partial charge in [-0.25, -0.2) is 4.98 Å². The number of carbonyl (C=O) groups is 1. The minimum atomic E-state index is -0.192. The highest BCUT2D eigenvalue weighted by Gasteiger charge is 2.16. The lowest BCUT2D eigenvalue weighted by molar-refractivity contribution is 0.102. The minimum absolute atomic E-state index is 0.192. The largest absolute Gasteiger partial charge is 0.486 e. The van der Waals surface area contributed by atoms with E-state index in [4.69, 9.17) is 9.47 Å². The van der Waals surface area contributed by atoms with Gasteiger partial charge in [0.15, 0.2) is 16.6 Å². The monoisotopic (exact) mass is 390 g/mol. The first-order valence-electron chi connectivity index (χ1n) is 6.96. The van der Waals surface area contributed by atoms with E-state index < -0.39 is 0 Å². The molecule has 0 bridgehead atoms. The van der Waals surface area contributed by atoms with Crippen LogP contribution in [-0.4, -0.2) is 24.1 Å². The van der Waals surface area contributed by atoms with Crippen LogP contribution < -0.4 is 14.8 Å². The Morgan fingerprint density at radius 1 is 1.17 bits per heavy atom.